The van der Waals surface area contributed by atoms with Crippen molar-refractivity contribution in [3.05, 3.63) is 54.1 Å². The highest BCUT2D eigenvalue weighted by Crippen LogP contribution is 2.24. The van der Waals surface area contributed by atoms with Gasteiger partial charge in [0, 0.05) is 5.69 Å². The maximum Gasteiger partial charge on any atom is 0.573 e. The van der Waals surface area contributed by atoms with Crippen LogP contribution >= 0.6 is 0 Å². The van der Waals surface area contributed by atoms with Gasteiger partial charge in [0.15, 0.2) is 0 Å². The van der Waals surface area contributed by atoms with E-state index in [0.29, 0.717) is 0 Å². The minimum absolute atomic E-state index is 0.175. The highest BCUT2D eigenvalue weighted by atomic mass is 32.2. The minimum atomic E-state index is -4.86. The number of hydrogen-bond acceptors (Lipinski definition) is 5. The number of sulfonamides is 1. The Morgan fingerprint density at radius 1 is 1.04 bits per heavy atom. The van der Waals surface area contributed by atoms with Crippen molar-refractivity contribution in [2.75, 3.05) is 11.3 Å². The Bertz CT molecular complexity index is 862. The van der Waals surface area contributed by atoms with Crippen LogP contribution in [-0.2, 0) is 14.8 Å². The number of carbonyl (C=O) groups is 1. The Balaban J connectivity index is 2.12. The van der Waals surface area contributed by atoms with E-state index in [-0.39, 0.29) is 22.8 Å². The second-order valence-corrected chi connectivity index (χ2v) is 6.60. The van der Waals surface area contributed by atoms with Crippen LogP contribution in [0.2, 0.25) is 0 Å². The summed E-state index contributed by atoms with van der Waals surface area (Å²) in [4.78, 5) is 11.3. The molecule has 0 saturated carbocycles. The van der Waals surface area contributed by atoms with Crippen LogP contribution in [0, 0.1) is 0 Å². The van der Waals surface area contributed by atoms with Gasteiger partial charge in [-0.05, 0) is 55.5 Å². The zero-order valence-corrected chi connectivity index (χ0v) is 14.2. The van der Waals surface area contributed by atoms with Crippen molar-refractivity contribution >= 4 is 21.7 Å². The molecule has 0 bridgehead atoms. The van der Waals surface area contributed by atoms with E-state index >= 15 is 0 Å². The van der Waals surface area contributed by atoms with E-state index in [1.165, 1.54) is 24.3 Å². The number of ether oxygens (including phenoxy) is 2. The smallest absolute Gasteiger partial charge is 0.462 e. The van der Waals surface area contributed by atoms with Crippen LogP contribution in [0.3, 0.4) is 0 Å². The number of alkyl halides is 3. The molecular weight excluding hydrogens is 375 g/mol. The molecule has 2 rings (SSSR count). The fourth-order valence-electron chi connectivity index (χ4n) is 1.92. The number of esters is 1. The number of benzene rings is 2. The van der Waals surface area contributed by atoms with Gasteiger partial charge in [0.25, 0.3) is 10.0 Å². The summed E-state index contributed by atoms with van der Waals surface area (Å²) < 4.78 is 71.6. The molecule has 0 atom stereocenters. The fraction of sp³-hybridized carbons (Fsp3) is 0.188. The number of halogens is 3. The molecule has 140 valence electrons. The third-order valence-corrected chi connectivity index (χ3v) is 4.41. The molecule has 0 heterocycles. The normalized spacial score (nSPS) is 11.7. The van der Waals surface area contributed by atoms with Gasteiger partial charge in [-0.1, -0.05) is 0 Å². The molecule has 0 radical (unpaired) electrons. The Morgan fingerprint density at radius 3 is 2.12 bits per heavy atom. The number of carbonyl (C=O) groups excluding carboxylic acids is 1. The zero-order valence-electron chi connectivity index (χ0n) is 13.4. The molecule has 0 saturated heterocycles. The number of hydrogen-bond donors (Lipinski definition) is 1. The number of rotatable bonds is 6. The highest BCUT2D eigenvalue weighted by molar-refractivity contribution is 7.92. The summed E-state index contributed by atoms with van der Waals surface area (Å²) in [5, 5.41) is 0. The van der Waals surface area contributed by atoms with E-state index < -0.39 is 28.1 Å². The van der Waals surface area contributed by atoms with E-state index in [4.69, 9.17) is 4.74 Å². The molecule has 0 aliphatic carbocycles. The molecule has 0 spiro atoms. The molecule has 0 unspecified atom stereocenters. The molecule has 10 heteroatoms. The zero-order chi connectivity index (χ0) is 19.4. The average Bonchev–Trinajstić information content (AvgIpc) is 2.54. The van der Waals surface area contributed by atoms with Gasteiger partial charge in [0.05, 0.1) is 17.1 Å². The topological polar surface area (TPSA) is 81.7 Å². The highest BCUT2D eigenvalue weighted by Gasteiger charge is 2.31. The van der Waals surface area contributed by atoms with Crippen LogP contribution in [0.4, 0.5) is 18.9 Å². The van der Waals surface area contributed by atoms with Crippen molar-refractivity contribution in [1.82, 2.24) is 0 Å². The molecule has 2 aromatic rings. The summed E-state index contributed by atoms with van der Waals surface area (Å²) in [6, 6.07) is 9.26. The molecule has 0 aliphatic rings. The van der Waals surface area contributed by atoms with Gasteiger partial charge in [-0.25, -0.2) is 13.2 Å². The van der Waals surface area contributed by atoms with Gasteiger partial charge in [0.2, 0.25) is 0 Å². The molecule has 6 nitrogen and oxygen atoms in total. The molecule has 0 aliphatic heterocycles. The summed E-state index contributed by atoms with van der Waals surface area (Å²) >= 11 is 0. The summed E-state index contributed by atoms with van der Waals surface area (Å²) in [5.74, 6) is -1.07. The van der Waals surface area contributed by atoms with Crippen molar-refractivity contribution in [2.24, 2.45) is 0 Å². The first-order valence-corrected chi connectivity index (χ1v) is 8.75. The standard InChI is InChI=1S/C16H14F3NO5S/c1-2-24-15(21)11-3-5-12(6-4-11)20-26(22,23)14-9-7-13(8-10-14)25-16(17,18)19/h3-10,20H,2H2,1H3. The number of nitrogens with one attached hydrogen (secondary N) is 1. The van der Waals surface area contributed by atoms with Gasteiger partial charge >= 0.3 is 12.3 Å². The lowest BCUT2D eigenvalue weighted by molar-refractivity contribution is -0.274. The van der Waals surface area contributed by atoms with Crippen LogP contribution < -0.4 is 9.46 Å². The summed E-state index contributed by atoms with van der Waals surface area (Å²) in [7, 11) is -4.02. The van der Waals surface area contributed by atoms with E-state index in [1.54, 1.807) is 6.92 Å². The first-order valence-electron chi connectivity index (χ1n) is 7.26. The summed E-state index contributed by atoms with van der Waals surface area (Å²) in [6.45, 7) is 1.87. The predicted octanol–water partition coefficient (Wildman–Crippen LogP) is 3.56. The fourth-order valence-corrected chi connectivity index (χ4v) is 2.98. The van der Waals surface area contributed by atoms with Crippen LogP contribution in [0.25, 0.3) is 0 Å². The van der Waals surface area contributed by atoms with E-state index in [9.17, 15) is 26.4 Å². The SMILES string of the molecule is CCOC(=O)c1ccc(NS(=O)(=O)c2ccc(OC(F)(F)F)cc2)cc1. The Kier molecular flexibility index (Phi) is 5.76. The number of anilines is 1. The lowest BCUT2D eigenvalue weighted by atomic mass is 10.2. The van der Waals surface area contributed by atoms with Crippen molar-refractivity contribution in [2.45, 2.75) is 18.2 Å². The average molecular weight is 389 g/mol. The Hall–Kier alpha value is -2.75. The Labute approximate surface area is 147 Å². The van der Waals surface area contributed by atoms with E-state index in [0.717, 1.165) is 24.3 Å². The Morgan fingerprint density at radius 2 is 1.62 bits per heavy atom. The first kappa shape index (κ1) is 19.6. The predicted molar refractivity (Wildman–Crippen MR) is 86.3 cm³/mol. The maximum absolute atomic E-state index is 12.3. The summed E-state index contributed by atoms with van der Waals surface area (Å²) in [5.41, 5.74) is 0.428. The second-order valence-electron chi connectivity index (χ2n) is 4.92. The van der Waals surface area contributed by atoms with Gasteiger partial charge in [0.1, 0.15) is 5.75 Å². The molecule has 2 aromatic carbocycles. The maximum atomic E-state index is 12.3. The third-order valence-electron chi connectivity index (χ3n) is 3.02. The second kappa shape index (κ2) is 7.65. The third kappa shape index (κ3) is 5.38. The lowest BCUT2D eigenvalue weighted by Crippen LogP contribution is -2.17. The lowest BCUT2D eigenvalue weighted by Gasteiger charge is -2.11. The molecule has 0 fully saturated rings. The van der Waals surface area contributed by atoms with Gasteiger partial charge in [-0.2, -0.15) is 0 Å². The molecular formula is C16H14F3NO5S. The van der Waals surface area contributed by atoms with Crippen LogP contribution in [0.15, 0.2) is 53.4 Å². The minimum Gasteiger partial charge on any atom is -0.462 e. The van der Waals surface area contributed by atoms with Crippen molar-refractivity contribution < 1.29 is 35.9 Å². The molecule has 0 aromatic heterocycles. The van der Waals surface area contributed by atoms with E-state index in [1.807, 2.05) is 0 Å². The first-order chi connectivity index (χ1) is 12.1. The van der Waals surface area contributed by atoms with Crippen LogP contribution in [0.1, 0.15) is 17.3 Å². The van der Waals surface area contributed by atoms with Gasteiger partial charge in [-0.15, -0.1) is 13.2 Å². The molecule has 26 heavy (non-hydrogen) atoms. The van der Waals surface area contributed by atoms with Crippen LogP contribution in [0.5, 0.6) is 5.75 Å². The van der Waals surface area contributed by atoms with Gasteiger partial charge < -0.3 is 9.47 Å². The molecule has 1 N–H and O–H groups in total. The molecule has 0 amide bonds. The summed E-state index contributed by atoms with van der Waals surface area (Å²) in [6.07, 6.45) is -4.86. The monoisotopic (exact) mass is 389 g/mol. The van der Waals surface area contributed by atoms with Crippen molar-refractivity contribution in [1.29, 1.82) is 0 Å². The van der Waals surface area contributed by atoms with Crippen molar-refractivity contribution in [3.63, 3.8) is 0 Å². The van der Waals surface area contributed by atoms with Crippen LogP contribution in [-0.4, -0.2) is 27.4 Å². The van der Waals surface area contributed by atoms with Crippen molar-refractivity contribution in [3.8, 4) is 5.75 Å². The largest absolute Gasteiger partial charge is 0.573 e. The van der Waals surface area contributed by atoms with E-state index in [2.05, 4.69) is 9.46 Å². The quantitative estimate of drug-likeness (QED) is 0.764. The van der Waals surface area contributed by atoms with Gasteiger partial charge in [-0.3, -0.25) is 4.72 Å².